The average molecular weight is 475 g/mol. The second-order valence-corrected chi connectivity index (χ2v) is 13.0. The molecule has 0 aromatic rings. The predicted octanol–water partition coefficient (Wildman–Crippen LogP) is 5.29. The van der Waals surface area contributed by atoms with Gasteiger partial charge in [0.1, 0.15) is 6.10 Å². The maximum Gasteiger partial charge on any atom is 0.171 e. The summed E-state index contributed by atoms with van der Waals surface area (Å²) in [7, 11) is 2.16. The maximum absolute atomic E-state index is 6.78. The van der Waals surface area contributed by atoms with E-state index < -0.39 is 0 Å². The van der Waals surface area contributed by atoms with Crippen LogP contribution in [0.4, 0.5) is 0 Å². The molecule has 3 saturated heterocycles. The average Bonchev–Trinajstić information content (AvgIpc) is 3.18. The predicted molar refractivity (Wildman–Crippen MR) is 137 cm³/mol. The van der Waals surface area contributed by atoms with Crippen molar-refractivity contribution in [2.45, 2.75) is 129 Å². The van der Waals surface area contributed by atoms with Crippen LogP contribution in [0, 0.1) is 16.7 Å². The van der Waals surface area contributed by atoms with Crippen molar-refractivity contribution in [3.8, 4) is 0 Å². The zero-order valence-electron chi connectivity index (χ0n) is 22.9. The highest BCUT2D eigenvalue weighted by Crippen LogP contribution is 2.60. The Kier molecular flexibility index (Phi) is 6.77. The van der Waals surface area contributed by atoms with E-state index in [-0.39, 0.29) is 34.9 Å². The second kappa shape index (κ2) is 9.13. The molecule has 1 unspecified atom stereocenters. The summed E-state index contributed by atoms with van der Waals surface area (Å²) in [6, 6.07) is 0.663. The molecule has 194 valence electrons. The van der Waals surface area contributed by atoms with Crippen LogP contribution in [-0.4, -0.2) is 67.8 Å². The fraction of sp³-hybridized carbons (Fsp3) is 0.931. The number of fused-ring (bicyclic) bond motifs is 1. The first-order valence-corrected chi connectivity index (χ1v) is 14.2. The second-order valence-electron chi connectivity index (χ2n) is 13.0. The molecule has 0 spiro atoms. The van der Waals surface area contributed by atoms with Crippen molar-refractivity contribution in [2.24, 2.45) is 16.7 Å². The summed E-state index contributed by atoms with van der Waals surface area (Å²) >= 11 is 0. The van der Waals surface area contributed by atoms with Crippen molar-refractivity contribution in [3.63, 3.8) is 0 Å². The lowest BCUT2D eigenvalue weighted by Gasteiger charge is -2.60. The van der Waals surface area contributed by atoms with Gasteiger partial charge in [-0.1, -0.05) is 39.7 Å². The van der Waals surface area contributed by atoms with Gasteiger partial charge in [-0.3, -0.25) is 4.90 Å². The molecule has 0 aromatic heterocycles. The molecule has 34 heavy (non-hydrogen) atoms. The lowest BCUT2D eigenvalue weighted by Crippen LogP contribution is -2.72. The molecule has 5 rings (SSSR count). The number of rotatable bonds is 7. The lowest BCUT2D eigenvalue weighted by atomic mass is 9.50. The lowest BCUT2D eigenvalue weighted by molar-refractivity contribution is -0.198. The third-order valence-electron chi connectivity index (χ3n) is 11.2. The molecule has 3 heterocycles. The summed E-state index contributed by atoms with van der Waals surface area (Å²) in [4.78, 5) is 2.51. The highest BCUT2D eigenvalue weighted by Gasteiger charge is 2.59. The Morgan fingerprint density at radius 3 is 2.50 bits per heavy atom. The molecule has 1 N–H and O–H groups in total. The largest absolute Gasteiger partial charge is 0.374 e. The van der Waals surface area contributed by atoms with Gasteiger partial charge in [0.2, 0.25) is 0 Å². The van der Waals surface area contributed by atoms with Gasteiger partial charge in [0.05, 0.1) is 24.4 Å². The Morgan fingerprint density at radius 2 is 1.91 bits per heavy atom. The van der Waals surface area contributed by atoms with Crippen LogP contribution in [0.1, 0.15) is 92.9 Å². The van der Waals surface area contributed by atoms with E-state index in [9.17, 15) is 0 Å². The van der Waals surface area contributed by atoms with Crippen molar-refractivity contribution in [3.05, 3.63) is 11.1 Å². The third-order valence-corrected chi connectivity index (χ3v) is 11.2. The minimum Gasteiger partial charge on any atom is -0.374 e. The SMILES string of the molecule is CC[C@@H]1O[C@H](CN2CC[C@@H]2C)O[C@@H]1C1=C(C)CC[C@@](C)(CC2CCC[C@H]3OC[C@@]23NC)C1(C)C. The number of likely N-dealkylation sites (N-methyl/N-ethyl adjacent to an activating group) is 1. The standard InChI is InChI=1S/C29H50N2O3/c1-8-22-26(34-24(33-22)17-31-15-13-20(31)3)25-19(2)12-14-28(6,27(25,4)5)16-21-10-9-11-23-29(21,30-7)18-32-23/h20-24,26,30H,8-18H2,1-7H3/t20-,21?,22-,23+,24-,26-,28-,29+/m0/s1. The van der Waals surface area contributed by atoms with Gasteiger partial charge < -0.3 is 19.5 Å². The summed E-state index contributed by atoms with van der Waals surface area (Å²) in [6.07, 6.45) is 10.4. The van der Waals surface area contributed by atoms with Gasteiger partial charge in [-0.15, -0.1) is 0 Å². The first kappa shape index (κ1) is 25.2. The molecule has 1 saturated carbocycles. The number of hydrogen-bond acceptors (Lipinski definition) is 5. The first-order valence-electron chi connectivity index (χ1n) is 14.2. The number of hydrogen-bond donors (Lipinski definition) is 1. The fourth-order valence-electron chi connectivity index (χ4n) is 8.13. The van der Waals surface area contributed by atoms with Crippen molar-refractivity contribution < 1.29 is 14.2 Å². The minimum atomic E-state index is -0.0965. The van der Waals surface area contributed by atoms with E-state index in [2.05, 4.69) is 58.8 Å². The van der Waals surface area contributed by atoms with Gasteiger partial charge in [-0.2, -0.15) is 0 Å². The van der Waals surface area contributed by atoms with E-state index in [0.717, 1.165) is 19.6 Å². The number of likely N-dealkylation sites (tertiary alicyclic amines) is 1. The van der Waals surface area contributed by atoms with Crippen molar-refractivity contribution in [2.75, 3.05) is 26.7 Å². The number of nitrogens with zero attached hydrogens (tertiary/aromatic N) is 1. The Hall–Kier alpha value is -0.460. The van der Waals surface area contributed by atoms with Crippen LogP contribution in [-0.2, 0) is 14.2 Å². The maximum atomic E-state index is 6.78. The molecule has 3 aliphatic heterocycles. The van der Waals surface area contributed by atoms with Crippen LogP contribution in [0.3, 0.4) is 0 Å². The third kappa shape index (κ3) is 3.84. The van der Waals surface area contributed by atoms with E-state index in [1.165, 1.54) is 51.5 Å². The normalized spacial score (nSPS) is 46.7. The Labute approximate surface area is 208 Å². The van der Waals surface area contributed by atoms with Gasteiger partial charge in [0, 0.05) is 19.1 Å². The molecule has 4 fully saturated rings. The molecule has 2 aliphatic carbocycles. The molecular formula is C29H50N2O3. The molecule has 5 nitrogen and oxygen atoms in total. The van der Waals surface area contributed by atoms with Gasteiger partial charge in [0.25, 0.3) is 0 Å². The van der Waals surface area contributed by atoms with Crippen LogP contribution >= 0.6 is 0 Å². The number of ether oxygens (including phenoxy) is 3. The highest BCUT2D eigenvalue weighted by atomic mass is 16.7. The molecular weight excluding hydrogens is 424 g/mol. The van der Waals surface area contributed by atoms with Crippen molar-refractivity contribution >= 4 is 0 Å². The summed E-state index contributed by atoms with van der Waals surface area (Å²) in [5.74, 6) is 0.678. The smallest absolute Gasteiger partial charge is 0.171 e. The van der Waals surface area contributed by atoms with Gasteiger partial charge in [-0.05, 0) is 88.2 Å². The van der Waals surface area contributed by atoms with E-state index in [4.69, 9.17) is 14.2 Å². The van der Waals surface area contributed by atoms with E-state index in [1.54, 1.807) is 11.1 Å². The molecule has 0 radical (unpaired) electrons. The minimum absolute atomic E-state index is 0.0716. The zero-order chi connectivity index (χ0) is 24.3. The molecule has 0 bridgehead atoms. The number of allylic oxidation sites excluding steroid dienone is 1. The Bertz CT molecular complexity index is 792. The molecule has 0 amide bonds. The van der Waals surface area contributed by atoms with Crippen molar-refractivity contribution in [1.82, 2.24) is 10.2 Å². The molecule has 0 aromatic carbocycles. The summed E-state index contributed by atoms with van der Waals surface area (Å²) < 4.78 is 19.4. The molecule has 8 atom stereocenters. The van der Waals surface area contributed by atoms with E-state index in [0.29, 0.717) is 18.1 Å². The summed E-state index contributed by atoms with van der Waals surface area (Å²) in [6.45, 7) is 17.5. The topological polar surface area (TPSA) is 43.0 Å². The Morgan fingerprint density at radius 1 is 1.12 bits per heavy atom. The van der Waals surface area contributed by atoms with E-state index in [1.807, 2.05) is 0 Å². The van der Waals surface area contributed by atoms with Crippen LogP contribution in [0.25, 0.3) is 0 Å². The zero-order valence-corrected chi connectivity index (χ0v) is 22.9. The van der Waals surface area contributed by atoms with Crippen LogP contribution in [0.5, 0.6) is 0 Å². The van der Waals surface area contributed by atoms with Gasteiger partial charge in [0.15, 0.2) is 6.29 Å². The van der Waals surface area contributed by atoms with Crippen molar-refractivity contribution in [1.29, 1.82) is 0 Å². The van der Waals surface area contributed by atoms with Crippen LogP contribution in [0.15, 0.2) is 11.1 Å². The van der Waals surface area contributed by atoms with Gasteiger partial charge in [-0.25, -0.2) is 0 Å². The van der Waals surface area contributed by atoms with E-state index >= 15 is 0 Å². The fourth-order valence-corrected chi connectivity index (χ4v) is 8.13. The molecule has 5 heteroatoms. The number of nitrogens with one attached hydrogen (secondary N) is 1. The van der Waals surface area contributed by atoms with Crippen LogP contribution < -0.4 is 5.32 Å². The quantitative estimate of drug-likeness (QED) is 0.508. The molecule has 5 aliphatic rings. The Balaban J connectivity index is 1.37. The highest BCUT2D eigenvalue weighted by molar-refractivity contribution is 5.32. The van der Waals surface area contributed by atoms with Crippen LogP contribution in [0.2, 0.25) is 0 Å². The van der Waals surface area contributed by atoms with Gasteiger partial charge >= 0.3 is 0 Å². The monoisotopic (exact) mass is 474 g/mol. The summed E-state index contributed by atoms with van der Waals surface area (Å²) in [5, 5.41) is 3.74. The first-order chi connectivity index (χ1) is 16.1. The summed E-state index contributed by atoms with van der Waals surface area (Å²) in [5.41, 5.74) is 3.58.